The SMILES string of the molecule is CC(C)NC(=O)C(C)OC(=O)Cn1cc(N)ccc1=O. The number of anilines is 1. The van der Waals surface area contributed by atoms with Gasteiger partial charge in [-0.15, -0.1) is 0 Å². The van der Waals surface area contributed by atoms with Gasteiger partial charge in [0.1, 0.15) is 6.54 Å². The summed E-state index contributed by atoms with van der Waals surface area (Å²) in [4.78, 5) is 34.8. The number of nitrogens with two attached hydrogens (primary N) is 1. The second-order valence-electron chi connectivity index (χ2n) is 4.72. The number of rotatable bonds is 5. The number of hydrogen-bond acceptors (Lipinski definition) is 5. The normalized spacial score (nSPS) is 12.0. The number of pyridine rings is 1. The second-order valence-corrected chi connectivity index (χ2v) is 4.72. The molecule has 0 radical (unpaired) electrons. The minimum absolute atomic E-state index is 0.0415. The maximum atomic E-state index is 11.7. The molecule has 110 valence electrons. The van der Waals surface area contributed by atoms with Gasteiger partial charge in [-0.2, -0.15) is 0 Å². The van der Waals surface area contributed by atoms with Gasteiger partial charge in [-0.25, -0.2) is 0 Å². The van der Waals surface area contributed by atoms with Crippen molar-refractivity contribution in [3.05, 3.63) is 28.7 Å². The number of amides is 1. The minimum atomic E-state index is -0.915. The maximum Gasteiger partial charge on any atom is 0.326 e. The van der Waals surface area contributed by atoms with E-state index in [4.69, 9.17) is 10.5 Å². The van der Waals surface area contributed by atoms with Crippen molar-refractivity contribution in [3.63, 3.8) is 0 Å². The van der Waals surface area contributed by atoms with Crippen molar-refractivity contribution in [2.45, 2.75) is 39.5 Å². The number of nitrogens with one attached hydrogen (secondary N) is 1. The van der Waals surface area contributed by atoms with Gasteiger partial charge < -0.3 is 20.4 Å². The molecule has 0 aromatic carbocycles. The van der Waals surface area contributed by atoms with Crippen LogP contribution in [0.5, 0.6) is 0 Å². The lowest BCUT2D eigenvalue weighted by atomic mass is 10.3. The molecule has 1 atom stereocenters. The average molecular weight is 281 g/mol. The third-order valence-corrected chi connectivity index (χ3v) is 2.41. The summed E-state index contributed by atoms with van der Waals surface area (Å²) in [6, 6.07) is 2.67. The van der Waals surface area contributed by atoms with E-state index in [0.29, 0.717) is 5.69 Å². The summed E-state index contributed by atoms with van der Waals surface area (Å²) < 4.78 is 6.09. The summed E-state index contributed by atoms with van der Waals surface area (Å²) in [6.45, 7) is 4.79. The van der Waals surface area contributed by atoms with Gasteiger partial charge in [0.05, 0.1) is 0 Å². The van der Waals surface area contributed by atoms with Crippen LogP contribution in [0.4, 0.5) is 5.69 Å². The predicted molar refractivity (Wildman–Crippen MR) is 73.9 cm³/mol. The highest BCUT2D eigenvalue weighted by molar-refractivity contribution is 5.83. The summed E-state index contributed by atoms with van der Waals surface area (Å²) in [5.74, 6) is -1.06. The van der Waals surface area contributed by atoms with Gasteiger partial charge in [-0.3, -0.25) is 14.4 Å². The molecule has 1 aromatic heterocycles. The molecule has 20 heavy (non-hydrogen) atoms. The highest BCUT2D eigenvalue weighted by Crippen LogP contribution is 1.98. The Hall–Kier alpha value is -2.31. The molecule has 0 spiro atoms. The molecule has 7 heteroatoms. The molecule has 3 N–H and O–H groups in total. The molecule has 0 aliphatic heterocycles. The fourth-order valence-electron chi connectivity index (χ4n) is 1.50. The molecule has 0 bridgehead atoms. The van der Waals surface area contributed by atoms with Crippen LogP contribution >= 0.6 is 0 Å². The van der Waals surface area contributed by atoms with Gasteiger partial charge in [0.25, 0.3) is 11.5 Å². The van der Waals surface area contributed by atoms with Crippen molar-refractivity contribution in [2.24, 2.45) is 0 Å². The third-order valence-electron chi connectivity index (χ3n) is 2.41. The molecule has 1 unspecified atom stereocenters. The Morgan fingerprint density at radius 1 is 1.35 bits per heavy atom. The van der Waals surface area contributed by atoms with Crippen molar-refractivity contribution in [1.82, 2.24) is 9.88 Å². The number of carbonyl (C=O) groups is 2. The Labute approximate surface area is 116 Å². The van der Waals surface area contributed by atoms with E-state index in [0.717, 1.165) is 4.57 Å². The topological polar surface area (TPSA) is 103 Å². The molecule has 0 aliphatic rings. The Morgan fingerprint density at radius 2 is 2.00 bits per heavy atom. The standard InChI is InChI=1S/C13H19N3O4/c1-8(2)15-13(19)9(3)20-12(18)7-16-6-10(14)4-5-11(16)17/h4-6,8-9H,7,14H2,1-3H3,(H,15,19). The van der Waals surface area contributed by atoms with E-state index in [1.54, 1.807) is 13.8 Å². The van der Waals surface area contributed by atoms with Gasteiger partial charge in [-0.05, 0) is 26.8 Å². The van der Waals surface area contributed by atoms with E-state index in [2.05, 4.69) is 5.32 Å². The van der Waals surface area contributed by atoms with Crippen molar-refractivity contribution in [3.8, 4) is 0 Å². The molecule has 1 rings (SSSR count). The monoisotopic (exact) mass is 281 g/mol. The van der Waals surface area contributed by atoms with E-state index in [1.807, 2.05) is 0 Å². The Kier molecular flexibility index (Phi) is 5.31. The van der Waals surface area contributed by atoms with Gasteiger partial charge >= 0.3 is 5.97 Å². The number of carbonyl (C=O) groups excluding carboxylic acids is 2. The van der Waals surface area contributed by atoms with Crippen molar-refractivity contribution >= 4 is 17.6 Å². The summed E-state index contributed by atoms with van der Waals surface area (Å²) in [6.07, 6.45) is 0.435. The predicted octanol–water partition coefficient (Wildman–Crippen LogP) is -0.113. The number of nitrogen functional groups attached to an aromatic ring is 1. The van der Waals surface area contributed by atoms with E-state index in [-0.39, 0.29) is 24.1 Å². The molecule has 0 saturated heterocycles. The molecule has 0 saturated carbocycles. The first-order valence-electron chi connectivity index (χ1n) is 6.25. The quantitative estimate of drug-likeness (QED) is 0.733. The average Bonchev–Trinajstić information content (AvgIpc) is 2.32. The number of esters is 1. The van der Waals surface area contributed by atoms with E-state index in [9.17, 15) is 14.4 Å². The van der Waals surface area contributed by atoms with Crippen molar-refractivity contribution in [1.29, 1.82) is 0 Å². The zero-order valence-corrected chi connectivity index (χ0v) is 11.8. The Bertz CT molecular complexity index is 551. The largest absolute Gasteiger partial charge is 0.451 e. The Morgan fingerprint density at radius 3 is 2.60 bits per heavy atom. The molecule has 0 fully saturated rings. The summed E-state index contributed by atoms with van der Waals surface area (Å²) >= 11 is 0. The first kappa shape index (κ1) is 15.7. The smallest absolute Gasteiger partial charge is 0.326 e. The summed E-state index contributed by atoms with van der Waals surface area (Å²) in [5, 5.41) is 2.63. The van der Waals surface area contributed by atoms with Gasteiger partial charge in [0.2, 0.25) is 0 Å². The number of aromatic nitrogens is 1. The summed E-state index contributed by atoms with van der Waals surface area (Å²) in [7, 11) is 0. The Balaban J connectivity index is 2.61. The van der Waals surface area contributed by atoms with E-state index < -0.39 is 12.1 Å². The molecule has 1 amide bonds. The fraction of sp³-hybridized carbons (Fsp3) is 0.462. The number of nitrogens with zero attached hydrogens (tertiary/aromatic N) is 1. The molecule has 7 nitrogen and oxygen atoms in total. The molecular weight excluding hydrogens is 262 g/mol. The molecule has 1 aromatic rings. The van der Waals surface area contributed by atoms with Gasteiger partial charge in [0.15, 0.2) is 6.10 Å². The highest BCUT2D eigenvalue weighted by Gasteiger charge is 2.18. The molecular formula is C13H19N3O4. The number of ether oxygens (including phenoxy) is 1. The van der Waals surface area contributed by atoms with Crippen LogP contribution < -0.4 is 16.6 Å². The summed E-state index contributed by atoms with van der Waals surface area (Å²) in [5.41, 5.74) is 5.53. The highest BCUT2D eigenvalue weighted by atomic mass is 16.5. The maximum absolute atomic E-state index is 11.7. The lowest BCUT2D eigenvalue weighted by molar-refractivity contribution is -0.155. The third kappa shape index (κ3) is 4.75. The van der Waals surface area contributed by atoms with Crippen molar-refractivity contribution < 1.29 is 14.3 Å². The minimum Gasteiger partial charge on any atom is -0.451 e. The second kappa shape index (κ2) is 6.74. The van der Waals surface area contributed by atoms with Gasteiger partial charge in [0, 0.05) is 24.0 Å². The lowest BCUT2D eigenvalue weighted by Gasteiger charge is -2.15. The van der Waals surface area contributed by atoms with Crippen LogP contribution in [0, 0.1) is 0 Å². The zero-order valence-electron chi connectivity index (χ0n) is 11.8. The lowest BCUT2D eigenvalue weighted by Crippen LogP contribution is -2.40. The van der Waals surface area contributed by atoms with Crippen LogP contribution in [-0.2, 0) is 20.9 Å². The van der Waals surface area contributed by atoms with Crippen LogP contribution in [0.15, 0.2) is 23.1 Å². The fourth-order valence-corrected chi connectivity index (χ4v) is 1.50. The van der Waals surface area contributed by atoms with Crippen molar-refractivity contribution in [2.75, 3.05) is 5.73 Å². The van der Waals surface area contributed by atoms with Crippen LogP contribution in [0.3, 0.4) is 0 Å². The van der Waals surface area contributed by atoms with Crippen LogP contribution in [0.25, 0.3) is 0 Å². The molecule has 0 aliphatic carbocycles. The van der Waals surface area contributed by atoms with E-state index in [1.165, 1.54) is 25.3 Å². The first-order valence-corrected chi connectivity index (χ1v) is 6.25. The van der Waals surface area contributed by atoms with Crippen LogP contribution in [-0.4, -0.2) is 28.6 Å². The van der Waals surface area contributed by atoms with Crippen LogP contribution in [0.1, 0.15) is 20.8 Å². The zero-order chi connectivity index (χ0) is 15.3. The first-order chi connectivity index (χ1) is 9.29. The van der Waals surface area contributed by atoms with E-state index >= 15 is 0 Å². The number of hydrogen-bond donors (Lipinski definition) is 2. The van der Waals surface area contributed by atoms with Gasteiger partial charge in [-0.1, -0.05) is 0 Å². The molecule has 1 heterocycles. The van der Waals surface area contributed by atoms with Crippen LogP contribution in [0.2, 0.25) is 0 Å².